The third kappa shape index (κ3) is 2.47. The van der Waals surface area contributed by atoms with Gasteiger partial charge in [0.05, 0.1) is 0 Å². The maximum absolute atomic E-state index is 11.5. The van der Waals surface area contributed by atoms with Crippen LogP contribution < -0.4 is 4.90 Å². The van der Waals surface area contributed by atoms with Crippen molar-refractivity contribution in [2.24, 2.45) is 0 Å². The van der Waals surface area contributed by atoms with Crippen molar-refractivity contribution in [3.8, 4) is 10.6 Å². The van der Waals surface area contributed by atoms with Crippen LogP contribution in [-0.2, 0) is 4.79 Å². The molecule has 88 valence electrons. The van der Waals surface area contributed by atoms with Gasteiger partial charge in [-0.3, -0.25) is 14.7 Å². The van der Waals surface area contributed by atoms with Crippen molar-refractivity contribution >= 4 is 22.4 Å². The van der Waals surface area contributed by atoms with E-state index in [9.17, 15) is 4.79 Å². The summed E-state index contributed by atoms with van der Waals surface area (Å²) in [6.45, 7) is 1.82. The molecule has 1 amide bonds. The molecule has 0 aliphatic heterocycles. The molecular weight excluding hydrogens is 236 g/mol. The van der Waals surface area contributed by atoms with Gasteiger partial charge in [-0.05, 0) is 12.1 Å². The van der Waals surface area contributed by atoms with Crippen molar-refractivity contribution in [3.63, 3.8) is 0 Å². The van der Waals surface area contributed by atoms with E-state index in [1.807, 2.05) is 19.1 Å². The first-order valence-corrected chi connectivity index (χ1v) is 6.04. The number of aromatic nitrogens is 3. The molecule has 0 aromatic carbocycles. The summed E-state index contributed by atoms with van der Waals surface area (Å²) >= 11 is 1.39. The number of rotatable bonds is 3. The van der Waals surface area contributed by atoms with Gasteiger partial charge >= 0.3 is 0 Å². The summed E-state index contributed by atoms with van der Waals surface area (Å²) in [6.07, 6.45) is 3.87. The summed E-state index contributed by atoms with van der Waals surface area (Å²) in [5.74, 6) is 0.0300. The second-order valence-electron chi connectivity index (χ2n) is 3.43. The van der Waals surface area contributed by atoms with Gasteiger partial charge in [0.25, 0.3) is 0 Å². The van der Waals surface area contributed by atoms with Crippen LogP contribution in [0.25, 0.3) is 10.6 Å². The van der Waals surface area contributed by atoms with Gasteiger partial charge in [-0.1, -0.05) is 18.3 Å². The largest absolute Gasteiger partial charge is 0.290 e. The first-order valence-electron chi connectivity index (χ1n) is 5.23. The Bertz CT molecular complexity index is 511. The molecule has 0 atom stereocenters. The van der Waals surface area contributed by atoms with Gasteiger partial charge in [0.1, 0.15) is 5.01 Å². The van der Waals surface area contributed by atoms with Crippen LogP contribution in [0.2, 0.25) is 0 Å². The molecule has 0 aliphatic rings. The summed E-state index contributed by atoms with van der Waals surface area (Å²) in [5.41, 5.74) is 0.959. The SMILES string of the molecule is CCC(=O)N(C)c1nnc(-c2ccncc2)s1. The number of nitrogens with zero attached hydrogens (tertiary/aromatic N) is 4. The molecule has 0 bridgehead atoms. The standard InChI is InChI=1S/C11H12N4OS/c1-3-9(16)15(2)11-14-13-10(17-11)8-4-6-12-7-5-8/h4-7H,3H2,1-2H3. The Balaban J connectivity index is 2.25. The molecule has 2 aromatic rings. The average Bonchev–Trinajstić information content (AvgIpc) is 2.87. The van der Waals surface area contributed by atoms with Crippen LogP contribution in [0.15, 0.2) is 24.5 Å². The van der Waals surface area contributed by atoms with E-state index in [2.05, 4.69) is 15.2 Å². The van der Waals surface area contributed by atoms with Crippen LogP contribution >= 0.6 is 11.3 Å². The molecule has 2 aromatic heterocycles. The summed E-state index contributed by atoms with van der Waals surface area (Å²) in [4.78, 5) is 17.0. The van der Waals surface area contributed by atoms with Crippen LogP contribution in [0.1, 0.15) is 13.3 Å². The van der Waals surface area contributed by atoms with Crippen LogP contribution in [-0.4, -0.2) is 28.1 Å². The first-order chi connectivity index (χ1) is 8.22. The van der Waals surface area contributed by atoms with Crippen molar-refractivity contribution in [2.75, 3.05) is 11.9 Å². The fraction of sp³-hybridized carbons (Fsp3) is 0.273. The molecule has 0 unspecified atom stereocenters. The Morgan fingerprint density at radius 2 is 2.06 bits per heavy atom. The molecule has 6 heteroatoms. The molecule has 17 heavy (non-hydrogen) atoms. The van der Waals surface area contributed by atoms with Gasteiger partial charge in [-0.15, -0.1) is 10.2 Å². The molecule has 0 radical (unpaired) electrons. The second-order valence-corrected chi connectivity index (χ2v) is 4.39. The Morgan fingerprint density at radius 1 is 1.35 bits per heavy atom. The highest BCUT2D eigenvalue weighted by Crippen LogP contribution is 2.27. The molecular formula is C11H12N4OS. The van der Waals surface area contributed by atoms with Crippen molar-refractivity contribution in [2.45, 2.75) is 13.3 Å². The van der Waals surface area contributed by atoms with Gasteiger partial charge < -0.3 is 0 Å². The van der Waals surface area contributed by atoms with Gasteiger partial charge in [0.2, 0.25) is 11.0 Å². The smallest absolute Gasteiger partial charge is 0.228 e. The van der Waals surface area contributed by atoms with Crippen LogP contribution in [0, 0.1) is 0 Å². The normalized spacial score (nSPS) is 10.2. The Labute approximate surface area is 103 Å². The minimum atomic E-state index is 0.0300. The number of carbonyl (C=O) groups is 1. The zero-order valence-electron chi connectivity index (χ0n) is 9.62. The van der Waals surface area contributed by atoms with Crippen LogP contribution in [0.4, 0.5) is 5.13 Å². The van der Waals surface area contributed by atoms with E-state index >= 15 is 0 Å². The minimum absolute atomic E-state index is 0.0300. The zero-order chi connectivity index (χ0) is 12.3. The molecule has 5 nitrogen and oxygen atoms in total. The minimum Gasteiger partial charge on any atom is -0.290 e. The Kier molecular flexibility index (Phi) is 3.43. The number of pyridine rings is 1. The highest BCUT2D eigenvalue weighted by Gasteiger charge is 2.14. The van der Waals surface area contributed by atoms with Crippen molar-refractivity contribution in [1.29, 1.82) is 0 Å². The van der Waals surface area contributed by atoms with E-state index in [4.69, 9.17) is 0 Å². The van der Waals surface area contributed by atoms with E-state index in [1.54, 1.807) is 19.4 Å². The van der Waals surface area contributed by atoms with E-state index in [0.717, 1.165) is 10.6 Å². The van der Waals surface area contributed by atoms with E-state index in [1.165, 1.54) is 16.2 Å². The molecule has 0 spiro atoms. The Hall–Kier alpha value is -1.82. The quantitative estimate of drug-likeness (QED) is 0.833. The first kappa shape index (κ1) is 11.7. The third-order valence-electron chi connectivity index (χ3n) is 2.31. The topological polar surface area (TPSA) is 59.0 Å². The van der Waals surface area contributed by atoms with Gasteiger partial charge in [-0.25, -0.2) is 0 Å². The molecule has 0 aliphatic carbocycles. The van der Waals surface area contributed by atoms with Gasteiger partial charge in [0.15, 0.2) is 0 Å². The van der Waals surface area contributed by atoms with Crippen LogP contribution in [0.5, 0.6) is 0 Å². The molecule has 0 N–H and O–H groups in total. The fourth-order valence-electron chi connectivity index (χ4n) is 1.31. The zero-order valence-corrected chi connectivity index (χ0v) is 10.4. The number of anilines is 1. The Morgan fingerprint density at radius 3 is 2.71 bits per heavy atom. The van der Waals surface area contributed by atoms with Crippen LogP contribution in [0.3, 0.4) is 0 Å². The lowest BCUT2D eigenvalue weighted by Crippen LogP contribution is -2.24. The monoisotopic (exact) mass is 248 g/mol. The lowest BCUT2D eigenvalue weighted by atomic mass is 10.3. The third-order valence-corrected chi connectivity index (χ3v) is 3.35. The maximum Gasteiger partial charge on any atom is 0.228 e. The highest BCUT2D eigenvalue weighted by atomic mass is 32.1. The van der Waals surface area contributed by atoms with E-state index in [0.29, 0.717) is 11.6 Å². The van der Waals surface area contributed by atoms with Gasteiger partial charge in [0, 0.05) is 31.4 Å². The molecule has 0 fully saturated rings. The number of hydrogen-bond acceptors (Lipinski definition) is 5. The summed E-state index contributed by atoms with van der Waals surface area (Å²) in [5, 5.41) is 9.49. The molecule has 0 saturated heterocycles. The maximum atomic E-state index is 11.5. The number of carbonyl (C=O) groups excluding carboxylic acids is 1. The van der Waals surface area contributed by atoms with E-state index < -0.39 is 0 Å². The lowest BCUT2D eigenvalue weighted by Gasteiger charge is -2.10. The van der Waals surface area contributed by atoms with Gasteiger partial charge in [-0.2, -0.15) is 0 Å². The predicted molar refractivity (Wildman–Crippen MR) is 66.8 cm³/mol. The molecule has 2 heterocycles. The predicted octanol–water partition coefficient (Wildman–Crippen LogP) is 1.97. The second kappa shape index (κ2) is 5.01. The number of amides is 1. The summed E-state index contributed by atoms with van der Waals surface area (Å²) in [6, 6.07) is 3.73. The highest BCUT2D eigenvalue weighted by molar-refractivity contribution is 7.18. The molecule has 2 rings (SSSR count). The fourth-order valence-corrected chi connectivity index (χ4v) is 2.13. The van der Waals surface area contributed by atoms with Crippen molar-refractivity contribution < 1.29 is 4.79 Å². The summed E-state index contributed by atoms with van der Waals surface area (Å²) in [7, 11) is 1.71. The lowest BCUT2D eigenvalue weighted by molar-refractivity contribution is -0.118. The van der Waals surface area contributed by atoms with E-state index in [-0.39, 0.29) is 5.91 Å². The molecule has 0 saturated carbocycles. The summed E-state index contributed by atoms with van der Waals surface area (Å²) < 4.78 is 0. The number of hydrogen-bond donors (Lipinski definition) is 0. The van der Waals surface area contributed by atoms with Crippen molar-refractivity contribution in [1.82, 2.24) is 15.2 Å². The van der Waals surface area contributed by atoms with Crippen molar-refractivity contribution in [3.05, 3.63) is 24.5 Å². The average molecular weight is 248 g/mol.